The van der Waals surface area contributed by atoms with Gasteiger partial charge in [0.2, 0.25) is 0 Å². The zero-order valence-corrected chi connectivity index (χ0v) is 9.20. The van der Waals surface area contributed by atoms with E-state index in [1.807, 2.05) is 0 Å². The lowest BCUT2D eigenvalue weighted by atomic mass is 10.1. The largest absolute Gasteiger partial charge is 0.504 e. The molecule has 0 spiro atoms. The Bertz CT molecular complexity index is 444. The first-order valence-electron chi connectivity index (χ1n) is 4.73. The maximum Gasteiger partial charge on any atom is 0.169 e. The van der Waals surface area contributed by atoms with E-state index < -0.39 is 0 Å². The van der Waals surface area contributed by atoms with Gasteiger partial charge in [-0.15, -0.1) is 0 Å². The molecule has 0 unspecified atom stereocenters. The maximum atomic E-state index is 10.9. The van der Waals surface area contributed by atoms with Crippen molar-refractivity contribution in [2.75, 3.05) is 20.7 Å². The Labute approximate surface area is 94.2 Å². The summed E-state index contributed by atoms with van der Waals surface area (Å²) in [6.45, 7) is 0.519. The molecule has 1 aromatic rings. The van der Waals surface area contributed by atoms with Crippen LogP contribution in [-0.2, 0) is 0 Å². The number of benzene rings is 1. The summed E-state index contributed by atoms with van der Waals surface area (Å²) in [4.78, 5) is 10.9. The van der Waals surface area contributed by atoms with Crippen molar-refractivity contribution in [3.8, 4) is 23.3 Å². The van der Waals surface area contributed by atoms with Crippen LogP contribution in [0.5, 0.6) is 11.5 Å². The Balaban J connectivity index is 3.17. The minimum absolute atomic E-state index is 0.156. The molecule has 16 heavy (non-hydrogen) atoms. The fourth-order valence-electron chi connectivity index (χ4n) is 1.21. The zero-order valence-electron chi connectivity index (χ0n) is 9.20. The van der Waals surface area contributed by atoms with Gasteiger partial charge in [-0.3, -0.25) is 4.79 Å². The van der Waals surface area contributed by atoms with Crippen LogP contribution in [0.15, 0.2) is 12.1 Å². The molecular formula is C12H13NO3. The van der Waals surface area contributed by atoms with E-state index in [0.717, 1.165) is 0 Å². The standard InChI is InChI=1S/C12H13NO3/c1-13-7-3-4-9-5-6-11(16-2)12(15)10(9)8-14/h5-6,8,13,15H,7H2,1-2H3. The van der Waals surface area contributed by atoms with E-state index in [0.29, 0.717) is 18.4 Å². The lowest BCUT2D eigenvalue weighted by molar-refractivity contribution is 0.112. The number of aromatic hydroxyl groups is 1. The molecule has 0 saturated carbocycles. The Morgan fingerprint density at radius 2 is 2.31 bits per heavy atom. The van der Waals surface area contributed by atoms with Crippen LogP contribution in [0.4, 0.5) is 0 Å². The van der Waals surface area contributed by atoms with Crippen molar-refractivity contribution >= 4 is 6.29 Å². The highest BCUT2D eigenvalue weighted by atomic mass is 16.5. The van der Waals surface area contributed by atoms with Crippen LogP contribution in [0.25, 0.3) is 0 Å². The van der Waals surface area contributed by atoms with E-state index in [2.05, 4.69) is 17.2 Å². The molecule has 1 rings (SSSR count). The molecule has 0 aromatic heterocycles. The number of aldehydes is 1. The van der Waals surface area contributed by atoms with Crippen LogP contribution in [0.1, 0.15) is 15.9 Å². The second-order valence-electron chi connectivity index (χ2n) is 3.03. The topological polar surface area (TPSA) is 58.6 Å². The summed E-state index contributed by atoms with van der Waals surface area (Å²) in [6, 6.07) is 3.22. The van der Waals surface area contributed by atoms with Crippen molar-refractivity contribution in [2.24, 2.45) is 0 Å². The third kappa shape index (κ3) is 2.53. The number of phenolic OH excluding ortho intramolecular Hbond substituents is 1. The van der Waals surface area contributed by atoms with Crippen molar-refractivity contribution in [1.29, 1.82) is 0 Å². The van der Waals surface area contributed by atoms with Gasteiger partial charge in [0.05, 0.1) is 19.2 Å². The molecule has 4 nitrogen and oxygen atoms in total. The molecule has 84 valence electrons. The van der Waals surface area contributed by atoms with Crippen LogP contribution < -0.4 is 10.1 Å². The Morgan fingerprint density at radius 3 is 2.88 bits per heavy atom. The van der Waals surface area contributed by atoms with E-state index in [4.69, 9.17) is 4.74 Å². The summed E-state index contributed by atoms with van der Waals surface area (Å²) >= 11 is 0. The van der Waals surface area contributed by atoms with Gasteiger partial charge >= 0.3 is 0 Å². The fraction of sp³-hybridized carbons (Fsp3) is 0.250. The highest BCUT2D eigenvalue weighted by Crippen LogP contribution is 2.30. The van der Waals surface area contributed by atoms with Crippen molar-refractivity contribution in [3.05, 3.63) is 23.3 Å². The van der Waals surface area contributed by atoms with Gasteiger partial charge < -0.3 is 15.2 Å². The molecule has 1 aromatic carbocycles. The van der Waals surface area contributed by atoms with Crippen LogP contribution in [-0.4, -0.2) is 32.1 Å². The SMILES string of the molecule is CNCC#Cc1ccc(OC)c(O)c1C=O. The van der Waals surface area contributed by atoms with Gasteiger partial charge in [0.25, 0.3) is 0 Å². The predicted molar refractivity (Wildman–Crippen MR) is 60.9 cm³/mol. The molecule has 2 N–H and O–H groups in total. The summed E-state index contributed by atoms with van der Waals surface area (Å²) in [5.41, 5.74) is 0.645. The molecule has 0 saturated heterocycles. The van der Waals surface area contributed by atoms with E-state index >= 15 is 0 Å². The minimum atomic E-state index is -0.172. The highest BCUT2D eigenvalue weighted by molar-refractivity contribution is 5.85. The maximum absolute atomic E-state index is 10.9. The second-order valence-corrected chi connectivity index (χ2v) is 3.03. The second kappa shape index (κ2) is 5.79. The fourth-order valence-corrected chi connectivity index (χ4v) is 1.21. The number of ether oxygens (including phenoxy) is 1. The van der Waals surface area contributed by atoms with E-state index in [-0.39, 0.29) is 17.1 Å². The number of carbonyl (C=O) groups is 1. The third-order valence-corrected chi connectivity index (χ3v) is 2.01. The minimum Gasteiger partial charge on any atom is -0.504 e. The quantitative estimate of drug-likeness (QED) is 0.582. The van der Waals surface area contributed by atoms with E-state index in [1.165, 1.54) is 7.11 Å². The molecule has 0 aliphatic rings. The van der Waals surface area contributed by atoms with Gasteiger partial charge in [-0.1, -0.05) is 11.8 Å². The first-order valence-corrected chi connectivity index (χ1v) is 4.73. The Kier molecular flexibility index (Phi) is 4.37. The van der Waals surface area contributed by atoms with Crippen LogP contribution >= 0.6 is 0 Å². The van der Waals surface area contributed by atoms with Gasteiger partial charge in [0.15, 0.2) is 17.8 Å². The average Bonchev–Trinajstić information content (AvgIpc) is 2.30. The monoisotopic (exact) mass is 219 g/mol. The molecule has 0 aliphatic heterocycles. The number of methoxy groups -OCH3 is 1. The summed E-state index contributed by atoms with van der Waals surface area (Å²) < 4.78 is 4.90. The van der Waals surface area contributed by atoms with Gasteiger partial charge in [-0.05, 0) is 19.2 Å². The van der Waals surface area contributed by atoms with Crippen molar-refractivity contribution in [1.82, 2.24) is 5.32 Å². The van der Waals surface area contributed by atoms with Crippen molar-refractivity contribution < 1.29 is 14.6 Å². The van der Waals surface area contributed by atoms with Crippen LogP contribution in [0.3, 0.4) is 0 Å². The van der Waals surface area contributed by atoms with Crippen molar-refractivity contribution in [3.63, 3.8) is 0 Å². The number of hydrogen-bond acceptors (Lipinski definition) is 4. The number of hydrogen-bond donors (Lipinski definition) is 2. The predicted octanol–water partition coefficient (Wildman–Crippen LogP) is 0.784. The van der Waals surface area contributed by atoms with Gasteiger partial charge in [-0.25, -0.2) is 0 Å². The number of rotatable bonds is 3. The molecule has 0 fully saturated rings. The van der Waals surface area contributed by atoms with Crippen molar-refractivity contribution in [2.45, 2.75) is 0 Å². The van der Waals surface area contributed by atoms with Crippen LogP contribution in [0, 0.1) is 11.8 Å². The molecule has 0 aliphatic carbocycles. The molecule has 0 bridgehead atoms. The third-order valence-electron chi connectivity index (χ3n) is 2.01. The first kappa shape index (κ1) is 12.1. The van der Waals surface area contributed by atoms with Gasteiger partial charge in [-0.2, -0.15) is 0 Å². The highest BCUT2D eigenvalue weighted by Gasteiger charge is 2.10. The van der Waals surface area contributed by atoms with Crippen LogP contribution in [0.2, 0.25) is 0 Å². The number of phenols is 1. The molecular weight excluding hydrogens is 206 g/mol. The first-order chi connectivity index (χ1) is 7.74. The number of nitrogens with one attached hydrogen (secondary N) is 1. The summed E-state index contributed by atoms with van der Waals surface area (Å²) in [5.74, 6) is 5.71. The zero-order chi connectivity index (χ0) is 12.0. The molecule has 0 radical (unpaired) electrons. The molecule has 0 atom stereocenters. The van der Waals surface area contributed by atoms with E-state index in [9.17, 15) is 9.90 Å². The molecule has 0 heterocycles. The Morgan fingerprint density at radius 1 is 1.56 bits per heavy atom. The summed E-state index contributed by atoms with van der Waals surface area (Å²) in [7, 11) is 3.21. The van der Waals surface area contributed by atoms with Gasteiger partial charge in [0.1, 0.15) is 0 Å². The Hall–Kier alpha value is -1.99. The molecule has 4 heteroatoms. The summed E-state index contributed by atoms with van der Waals surface area (Å²) in [6.07, 6.45) is 0.571. The normalized spacial score (nSPS) is 9.12. The summed E-state index contributed by atoms with van der Waals surface area (Å²) in [5, 5.41) is 12.5. The average molecular weight is 219 g/mol. The molecule has 0 amide bonds. The van der Waals surface area contributed by atoms with E-state index in [1.54, 1.807) is 19.2 Å². The lowest BCUT2D eigenvalue weighted by Crippen LogP contribution is -2.04. The number of carbonyl (C=O) groups excluding carboxylic acids is 1. The lowest BCUT2D eigenvalue weighted by Gasteiger charge is -2.06. The van der Waals surface area contributed by atoms with Gasteiger partial charge in [0, 0.05) is 5.56 Å². The smallest absolute Gasteiger partial charge is 0.169 e.